The van der Waals surface area contributed by atoms with Crippen LogP contribution in [0.3, 0.4) is 0 Å². The zero-order valence-electron chi connectivity index (χ0n) is 12.8. The lowest BCUT2D eigenvalue weighted by Gasteiger charge is -2.06. The summed E-state index contributed by atoms with van der Waals surface area (Å²) >= 11 is 12.3. The van der Waals surface area contributed by atoms with Crippen molar-refractivity contribution in [3.8, 4) is 0 Å². The van der Waals surface area contributed by atoms with E-state index < -0.39 is 6.47 Å². The molecular weight excluding hydrogens is 600 g/mol. The molecule has 132 valence electrons. The maximum atomic E-state index is 11.6. The predicted octanol–water partition coefficient (Wildman–Crippen LogP) is 5.10. The van der Waals surface area contributed by atoms with E-state index in [2.05, 4.69) is 63.7 Å². The Balaban J connectivity index is 0.000000151. The van der Waals surface area contributed by atoms with Crippen LogP contribution in [0.25, 0.3) is 0 Å². The molecule has 0 fully saturated rings. The molecule has 0 saturated carbocycles. The van der Waals surface area contributed by atoms with Gasteiger partial charge < -0.3 is 0 Å². The van der Waals surface area contributed by atoms with Crippen molar-refractivity contribution < 1.29 is 19.2 Å². The lowest BCUT2D eigenvalue weighted by Crippen LogP contribution is -2.25. The molecule has 2 aliphatic rings. The average molecular weight is 608 g/mol. The fraction of sp³-hybridized carbons (Fsp3) is 0.111. The van der Waals surface area contributed by atoms with Gasteiger partial charge in [0.15, 0.2) is 23.1 Å². The van der Waals surface area contributed by atoms with Gasteiger partial charge in [-0.3, -0.25) is 19.2 Å². The molecule has 8 heteroatoms. The van der Waals surface area contributed by atoms with Gasteiger partial charge >= 0.3 is 0 Å². The van der Waals surface area contributed by atoms with Gasteiger partial charge in [0.1, 0.15) is 0 Å². The number of fused-ring (bicyclic) bond motifs is 2. The monoisotopic (exact) mass is 604 g/mol. The van der Waals surface area contributed by atoms with Crippen LogP contribution in [0.15, 0.2) is 48.5 Å². The molecule has 0 bridgehead atoms. The minimum absolute atomic E-state index is 0.229. The number of hydrogen-bond donors (Lipinski definition) is 0. The standard InChI is InChI=1S/2C9H4Br2O2/c2*10-9(11)7(12)5-3-1-2-4-6(5)8(9)13/h2*1-4H. The summed E-state index contributed by atoms with van der Waals surface area (Å²) in [4.78, 5) is 46.5. The molecule has 0 aliphatic heterocycles. The average Bonchev–Trinajstić information content (AvgIpc) is 2.92. The normalized spacial score (nSPS) is 18.9. The molecule has 4 rings (SSSR count). The molecule has 4 nitrogen and oxygen atoms in total. The first-order valence-corrected chi connectivity index (χ1v) is 10.4. The van der Waals surface area contributed by atoms with Crippen molar-refractivity contribution in [2.45, 2.75) is 6.47 Å². The topological polar surface area (TPSA) is 68.3 Å². The van der Waals surface area contributed by atoms with Crippen LogP contribution >= 0.6 is 63.7 Å². The number of Topliss-reactive ketones (excluding diaryl/α,β-unsaturated/α-hetero) is 4. The van der Waals surface area contributed by atoms with E-state index in [9.17, 15) is 19.2 Å². The molecule has 0 spiro atoms. The van der Waals surface area contributed by atoms with Crippen molar-refractivity contribution in [2.75, 3.05) is 0 Å². The molecule has 2 aromatic rings. The Hall–Kier alpha value is -0.960. The molecule has 0 aromatic heterocycles. The fourth-order valence-corrected chi connectivity index (χ4v) is 4.35. The number of alkyl halides is 4. The molecule has 2 aromatic carbocycles. The molecule has 0 saturated heterocycles. The molecular formula is C18H8Br4O4. The van der Waals surface area contributed by atoms with Crippen LogP contribution in [0.1, 0.15) is 41.4 Å². The van der Waals surface area contributed by atoms with Gasteiger partial charge in [-0.25, -0.2) is 0 Å². The SMILES string of the molecule is O=C1c2ccccc2C(=O)C1(Br)Br.O=C1c2ccccc2C(=O)C1(Br)Br. The maximum absolute atomic E-state index is 11.6. The van der Waals surface area contributed by atoms with Gasteiger partial charge in [0.05, 0.1) is 0 Å². The number of carbonyl (C=O) groups excluding carboxylic acids is 4. The van der Waals surface area contributed by atoms with E-state index in [1.54, 1.807) is 48.5 Å². The maximum Gasteiger partial charge on any atom is 0.205 e. The second-order valence-electron chi connectivity index (χ2n) is 5.56. The molecule has 0 heterocycles. The van der Waals surface area contributed by atoms with Crippen LogP contribution in [0.2, 0.25) is 0 Å². The number of halogens is 4. The van der Waals surface area contributed by atoms with Crippen LogP contribution in [-0.2, 0) is 0 Å². The molecule has 0 N–H and O–H groups in total. The minimum atomic E-state index is -1.23. The summed E-state index contributed by atoms with van der Waals surface area (Å²) in [5.41, 5.74) is 1.89. The number of rotatable bonds is 0. The Morgan fingerprint density at radius 3 is 0.846 bits per heavy atom. The first-order valence-electron chi connectivity index (χ1n) is 7.23. The molecule has 26 heavy (non-hydrogen) atoms. The first-order chi connectivity index (χ1) is 12.1. The number of ketones is 4. The summed E-state index contributed by atoms with van der Waals surface area (Å²) in [7, 11) is 0. The summed E-state index contributed by atoms with van der Waals surface area (Å²) in [5.74, 6) is -0.914. The van der Waals surface area contributed by atoms with E-state index in [1.165, 1.54) is 0 Å². The van der Waals surface area contributed by atoms with Crippen LogP contribution < -0.4 is 0 Å². The molecule has 0 amide bonds. The highest BCUT2D eigenvalue weighted by atomic mass is 79.9. The number of carbonyl (C=O) groups is 4. The van der Waals surface area contributed by atoms with E-state index in [0.717, 1.165) is 0 Å². The molecule has 0 radical (unpaired) electrons. The first kappa shape index (κ1) is 19.8. The Bertz CT molecular complexity index is 825. The van der Waals surface area contributed by atoms with E-state index in [1.807, 2.05) is 0 Å². The van der Waals surface area contributed by atoms with Crippen LogP contribution in [-0.4, -0.2) is 29.6 Å². The zero-order valence-corrected chi connectivity index (χ0v) is 19.1. The van der Waals surface area contributed by atoms with Crippen molar-refractivity contribution in [2.24, 2.45) is 0 Å². The number of benzene rings is 2. The highest BCUT2D eigenvalue weighted by Crippen LogP contribution is 2.41. The molecule has 2 aliphatic carbocycles. The van der Waals surface area contributed by atoms with Crippen molar-refractivity contribution in [3.63, 3.8) is 0 Å². The van der Waals surface area contributed by atoms with Crippen LogP contribution in [0.5, 0.6) is 0 Å². The fourth-order valence-electron chi connectivity index (χ4n) is 2.64. The second kappa shape index (κ2) is 6.89. The van der Waals surface area contributed by atoms with Gasteiger partial charge in [-0.1, -0.05) is 112 Å². The summed E-state index contributed by atoms with van der Waals surface area (Å²) in [6, 6.07) is 13.6. The number of hydrogen-bond acceptors (Lipinski definition) is 4. The van der Waals surface area contributed by atoms with Crippen molar-refractivity contribution in [1.29, 1.82) is 0 Å². The van der Waals surface area contributed by atoms with Crippen molar-refractivity contribution >= 4 is 86.9 Å². The summed E-state index contributed by atoms with van der Waals surface area (Å²) in [6.07, 6.45) is 0. The third-order valence-electron chi connectivity index (χ3n) is 3.97. The molecule has 0 atom stereocenters. The quantitative estimate of drug-likeness (QED) is 0.309. The lowest BCUT2D eigenvalue weighted by molar-refractivity contribution is 0.0907. The van der Waals surface area contributed by atoms with Gasteiger partial charge in [0, 0.05) is 22.3 Å². The van der Waals surface area contributed by atoms with Gasteiger partial charge in [-0.2, -0.15) is 0 Å². The third-order valence-corrected chi connectivity index (χ3v) is 6.85. The summed E-state index contributed by atoms with van der Waals surface area (Å²) in [5, 5.41) is 0. The summed E-state index contributed by atoms with van der Waals surface area (Å²) in [6.45, 7) is 0. The molecule has 0 unspecified atom stereocenters. The van der Waals surface area contributed by atoms with E-state index in [-0.39, 0.29) is 23.1 Å². The van der Waals surface area contributed by atoms with Gasteiger partial charge in [0.25, 0.3) is 0 Å². The van der Waals surface area contributed by atoms with Crippen LogP contribution in [0, 0.1) is 0 Å². The van der Waals surface area contributed by atoms with Crippen LogP contribution in [0.4, 0.5) is 0 Å². The largest absolute Gasteiger partial charge is 0.291 e. The van der Waals surface area contributed by atoms with E-state index >= 15 is 0 Å². The van der Waals surface area contributed by atoms with Gasteiger partial charge in [0.2, 0.25) is 6.47 Å². The van der Waals surface area contributed by atoms with Gasteiger partial charge in [-0.15, -0.1) is 0 Å². The Morgan fingerprint density at radius 2 is 0.654 bits per heavy atom. The minimum Gasteiger partial charge on any atom is -0.291 e. The summed E-state index contributed by atoms with van der Waals surface area (Å²) < 4.78 is -2.46. The zero-order chi connectivity index (χ0) is 19.3. The highest BCUT2D eigenvalue weighted by Gasteiger charge is 2.50. The van der Waals surface area contributed by atoms with E-state index in [0.29, 0.717) is 22.3 Å². The smallest absolute Gasteiger partial charge is 0.205 e. The van der Waals surface area contributed by atoms with Crippen molar-refractivity contribution in [1.82, 2.24) is 0 Å². The Morgan fingerprint density at radius 1 is 0.462 bits per heavy atom. The van der Waals surface area contributed by atoms with Gasteiger partial charge in [-0.05, 0) is 0 Å². The van der Waals surface area contributed by atoms with Crippen molar-refractivity contribution in [3.05, 3.63) is 70.8 Å². The Labute approximate surface area is 182 Å². The third kappa shape index (κ3) is 3.00. The highest BCUT2D eigenvalue weighted by molar-refractivity contribution is 9.26. The van der Waals surface area contributed by atoms with E-state index in [4.69, 9.17) is 0 Å². The second-order valence-corrected chi connectivity index (χ2v) is 12.4. The lowest BCUT2D eigenvalue weighted by atomic mass is 10.1. The predicted molar refractivity (Wildman–Crippen MR) is 111 cm³/mol. The Kier molecular flexibility index (Phi) is 5.24.